The highest BCUT2D eigenvalue weighted by Gasteiger charge is 2.20. The van der Waals surface area contributed by atoms with Crippen molar-refractivity contribution in [3.63, 3.8) is 0 Å². The second kappa shape index (κ2) is 5.76. The van der Waals surface area contributed by atoms with Crippen molar-refractivity contribution in [2.45, 2.75) is 19.2 Å². The van der Waals surface area contributed by atoms with Crippen LogP contribution in [0.2, 0.25) is 10.0 Å². The fraction of sp³-hybridized carbons (Fsp3) is 0.364. The van der Waals surface area contributed by atoms with Crippen LogP contribution in [0.4, 0.5) is 0 Å². The van der Waals surface area contributed by atoms with E-state index in [0.717, 1.165) is 0 Å². The van der Waals surface area contributed by atoms with Crippen LogP contribution in [0, 0.1) is 0 Å². The molecule has 0 aliphatic carbocycles. The van der Waals surface area contributed by atoms with E-state index in [4.69, 9.17) is 39.5 Å². The predicted molar refractivity (Wildman–Crippen MR) is 67.3 cm³/mol. The molecule has 0 aromatic heterocycles. The van der Waals surface area contributed by atoms with Crippen LogP contribution < -0.4 is 4.74 Å². The Balaban J connectivity index is 3.28. The van der Waals surface area contributed by atoms with Gasteiger partial charge in [0.05, 0.1) is 22.6 Å². The topological polar surface area (TPSA) is 26.3 Å². The van der Waals surface area contributed by atoms with E-state index in [9.17, 15) is 4.79 Å². The first kappa shape index (κ1) is 13.6. The Hall–Kier alpha value is -0.440. The number of ketones is 1. The molecule has 1 rings (SSSR count). The number of alkyl halides is 1. The summed E-state index contributed by atoms with van der Waals surface area (Å²) >= 11 is 17.5. The number of ether oxygens (including phenoxy) is 1. The predicted octanol–water partition coefficient (Wildman–Crippen LogP) is 4.20. The fourth-order valence-electron chi connectivity index (χ4n) is 1.25. The highest BCUT2D eigenvalue weighted by molar-refractivity contribution is 6.38. The summed E-state index contributed by atoms with van der Waals surface area (Å²) in [5.41, 5.74) is 0.321. The monoisotopic (exact) mass is 280 g/mol. The molecule has 16 heavy (non-hydrogen) atoms. The normalized spacial score (nSPS) is 12.3. The summed E-state index contributed by atoms with van der Waals surface area (Å²) in [5.74, 6) is 0.0839. The number of carbonyl (C=O) groups is 1. The van der Waals surface area contributed by atoms with Crippen LogP contribution >= 0.6 is 34.8 Å². The molecular weight excluding hydrogens is 270 g/mol. The van der Waals surface area contributed by atoms with Crippen LogP contribution in [0.25, 0.3) is 0 Å². The molecule has 0 amide bonds. The average molecular weight is 282 g/mol. The summed E-state index contributed by atoms with van der Waals surface area (Å²) in [7, 11) is 0. The summed E-state index contributed by atoms with van der Waals surface area (Å²) in [5, 5.41) is 0.0536. The van der Waals surface area contributed by atoms with E-state index in [1.165, 1.54) is 12.1 Å². The fourth-order valence-corrected chi connectivity index (χ4v) is 1.91. The van der Waals surface area contributed by atoms with Crippen molar-refractivity contribution in [2.24, 2.45) is 0 Å². The van der Waals surface area contributed by atoms with Gasteiger partial charge in [-0.2, -0.15) is 0 Å². The van der Waals surface area contributed by atoms with Crippen molar-refractivity contribution in [1.82, 2.24) is 0 Å². The second-order valence-electron chi connectivity index (χ2n) is 3.18. The molecule has 0 bridgehead atoms. The molecule has 1 atom stereocenters. The molecule has 0 aliphatic heterocycles. The third-order valence-electron chi connectivity index (χ3n) is 1.92. The first-order valence-corrected chi connectivity index (χ1v) is 5.96. The summed E-state index contributed by atoms with van der Waals surface area (Å²) in [6, 6.07) is 3.05. The van der Waals surface area contributed by atoms with Crippen LogP contribution in [0.1, 0.15) is 24.2 Å². The van der Waals surface area contributed by atoms with Gasteiger partial charge in [0.2, 0.25) is 0 Å². The van der Waals surface area contributed by atoms with Gasteiger partial charge in [-0.15, -0.1) is 11.6 Å². The van der Waals surface area contributed by atoms with Gasteiger partial charge in [0.25, 0.3) is 0 Å². The largest absolute Gasteiger partial charge is 0.492 e. The Kier molecular flexibility index (Phi) is 4.90. The summed E-state index contributed by atoms with van der Waals surface area (Å²) in [6.45, 7) is 3.82. The van der Waals surface area contributed by atoms with Gasteiger partial charge in [-0.25, -0.2) is 0 Å². The minimum Gasteiger partial charge on any atom is -0.492 e. The molecule has 5 heteroatoms. The van der Waals surface area contributed by atoms with Crippen LogP contribution in [0.15, 0.2) is 12.1 Å². The van der Waals surface area contributed by atoms with Crippen molar-refractivity contribution in [1.29, 1.82) is 0 Å². The van der Waals surface area contributed by atoms with Gasteiger partial charge in [0.1, 0.15) is 5.75 Å². The first-order valence-electron chi connectivity index (χ1n) is 4.77. The number of halogens is 3. The number of hydrogen-bond donors (Lipinski definition) is 0. The minimum atomic E-state index is -0.645. The van der Waals surface area contributed by atoms with Gasteiger partial charge in [0, 0.05) is 5.02 Å². The molecule has 0 radical (unpaired) electrons. The van der Waals surface area contributed by atoms with Crippen molar-refractivity contribution in [2.75, 3.05) is 6.61 Å². The third kappa shape index (κ3) is 3.03. The molecule has 2 nitrogen and oxygen atoms in total. The highest BCUT2D eigenvalue weighted by atomic mass is 35.5. The lowest BCUT2D eigenvalue weighted by atomic mass is 10.1. The first-order chi connectivity index (χ1) is 7.47. The van der Waals surface area contributed by atoms with Crippen molar-refractivity contribution in [3.05, 3.63) is 27.7 Å². The summed E-state index contributed by atoms with van der Waals surface area (Å²) in [6.07, 6.45) is 0. The van der Waals surface area contributed by atoms with E-state index < -0.39 is 5.38 Å². The average Bonchev–Trinajstić information content (AvgIpc) is 2.20. The Morgan fingerprint density at radius 2 is 2.06 bits per heavy atom. The zero-order valence-corrected chi connectivity index (χ0v) is 11.2. The lowest BCUT2D eigenvalue weighted by Crippen LogP contribution is -2.12. The molecule has 0 aliphatic rings. The Labute approximate surface area is 109 Å². The molecule has 0 fully saturated rings. The van der Waals surface area contributed by atoms with E-state index in [1.807, 2.05) is 6.92 Å². The lowest BCUT2D eigenvalue weighted by molar-refractivity contribution is 0.0988. The van der Waals surface area contributed by atoms with E-state index in [-0.39, 0.29) is 5.78 Å². The Morgan fingerprint density at radius 1 is 1.44 bits per heavy atom. The van der Waals surface area contributed by atoms with Gasteiger partial charge >= 0.3 is 0 Å². The number of hydrogen-bond acceptors (Lipinski definition) is 2. The molecule has 1 unspecified atom stereocenters. The van der Waals surface area contributed by atoms with Crippen LogP contribution in [-0.4, -0.2) is 17.8 Å². The molecule has 0 N–H and O–H groups in total. The smallest absolute Gasteiger partial charge is 0.184 e. The number of Topliss-reactive ketones (excluding diaryl/α,β-unsaturated/α-hetero) is 1. The zero-order valence-electron chi connectivity index (χ0n) is 8.89. The summed E-state index contributed by atoms with van der Waals surface area (Å²) < 4.78 is 5.32. The van der Waals surface area contributed by atoms with Crippen molar-refractivity contribution < 1.29 is 9.53 Å². The molecule has 0 saturated heterocycles. The van der Waals surface area contributed by atoms with Gasteiger partial charge in [-0.1, -0.05) is 23.2 Å². The number of carbonyl (C=O) groups excluding carboxylic acids is 1. The van der Waals surface area contributed by atoms with Crippen LogP contribution in [0.5, 0.6) is 5.75 Å². The highest BCUT2D eigenvalue weighted by Crippen LogP contribution is 2.33. The third-order valence-corrected chi connectivity index (χ3v) is 2.62. The van der Waals surface area contributed by atoms with Gasteiger partial charge < -0.3 is 4.74 Å². The van der Waals surface area contributed by atoms with Gasteiger partial charge in [-0.3, -0.25) is 4.79 Å². The molecular formula is C11H11Cl3O2. The van der Waals surface area contributed by atoms with E-state index in [0.29, 0.717) is 28.0 Å². The zero-order chi connectivity index (χ0) is 12.3. The number of rotatable bonds is 4. The van der Waals surface area contributed by atoms with Crippen molar-refractivity contribution in [3.8, 4) is 5.75 Å². The van der Waals surface area contributed by atoms with Crippen LogP contribution in [-0.2, 0) is 0 Å². The van der Waals surface area contributed by atoms with Gasteiger partial charge in [-0.05, 0) is 26.0 Å². The number of benzene rings is 1. The maximum absolute atomic E-state index is 11.8. The molecule has 1 aromatic rings. The molecule has 0 spiro atoms. The van der Waals surface area contributed by atoms with Gasteiger partial charge in [0.15, 0.2) is 5.78 Å². The lowest BCUT2D eigenvalue weighted by Gasteiger charge is -2.12. The Bertz CT molecular complexity index is 402. The maximum Gasteiger partial charge on any atom is 0.184 e. The maximum atomic E-state index is 11.8. The Morgan fingerprint density at radius 3 is 2.56 bits per heavy atom. The summed E-state index contributed by atoms with van der Waals surface area (Å²) in [4.78, 5) is 11.8. The van der Waals surface area contributed by atoms with E-state index >= 15 is 0 Å². The molecule has 1 aromatic carbocycles. The second-order valence-corrected chi connectivity index (χ2v) is 4.68. The minimum absolute atomic E-state index is 0.255. The van der Waals surface area contributed by atoms with E-state index in [2.05, 4.69) is 0 Å². The molecule has 0 saturated carbocycles. The quantitative estimate of drug-likeness (QED) is 0.610. The molecule has 88 valence electrons. The van der Waals surface area contributed by atoms with E-state index in [1.54, 1.807) is 6.92 Å². The van der Waals surface area contributed by atoms with Crippen molar-refractivity contribution >= 4 is 40.6 Å². The van der Waals surface area contributed by atoms with Crippen LogP contribution in [0.3, 0.4) is 0 Å². The SMILES string of the molecule is CCOc1c(Cl)cc(Cl)cc1C(=O)C(C)Cl. The standard InChI is InChI=1S/C11H11Cl3O2/c1-3-16-11-8(10(15)6(2)12)4-7(13)5-9(11)14/h4-6H,3H2,1-2H3. The molecule has 0 heterocycles.